The summed E-state index contributed by atoms with van der Waals surface area (Å²) in [5.41, 5.74) is 0.539. The average Bonchev–Trinajstić information content (AvgIpc) is 3.31. The number of rotatable bonds is 6. The van der Waals surface area contributed by atoms with Crippen LogP contribution in [0.2, 0.25) is 0 Å². The molecule has 0 bridgehead atoms. The first-order chi connectivity index (χ1) is 14.4. The summed E-state index contributed by atoms with van der Waals surface area (Å²) in [5.74, 6) is -1.64. The first-order valence-electron chi connectivity index (χ1n) is 9.32. The lowest BCUT2D eigenvalue weighted by Gasteiger charge is -2.15. The Hall–Kier alpha value is -3.75. The summed E-state index contributed by atoms with van der Waals surface area (Å²) in [6, 6.07) is 9.96. The molecule has 2 aromatic carbocycles. The van der Waals surface area contributed by atoms with E-state index in [9.17, 15) is 24.5 Å². The Balaban J connectivity index is 1.67. The number of hydrogen-bond acceptors (Lipinski definition) is 7. The third-order valence-corrected chi connectivity index (χ3v) is 4.75. The third-order valence-electron chi connectivity index (χ3n) is 4.75. The minimum absolute atomic E-state index is 0.0250. The molecular formula is C21H20N2O7. The first kappa shape index (κ1) is 21.0. The summed E-state index contributed by atoms with van der Waals surface area (Å²) in [7, 11) is 1.14. The van der Waals surface area contributed by atoms with Crippen molar-refractivity contribution in [1.82, 2.24) is 4.90 Å². The average molecular weight is 412 g/mol. The molecule has 2 aromatic rings. The fourth-order valence-corrected chi connectivity index (χ4v) is 3.15. The number of benzene rings is 2. The number of non-ortho nitro benzene ring substituents is 1. The van der Waals surface area contributed by atoms with Gasteiger partial charge in [0.2, 0.25) is 0 Å². The van der Waals surface area contributed by atoms with Crippen LogP contribution in [0.25, 0.3) is 0 Å². The van der Waals surface area contributed by atoms with Crippen LogP contribution >= 0.6 is 0 Å². The molecule has 0 unspecified atom stereocenters. The van der Waals surface area contributed by atoms with E-state index in [0.717, 1.165) is 45.2 Å². The van der Waals surface area contributed by atoms with Crippen molar-refractivity contribution < 1.29 is 28.8 Å². The van der Waals surface area contributed by atoms with Crippen LogP contribution in [-0.4, -0.2) is 47.9 Å². The number of nitrogens with zero attached hydrogens (tertiary/aromatic N) is 2. The van der Waals surface area contributed by atoms with Gasteiger partial charge in [0, 0.05) is 30.8 Å². The number of amides is 1. The molecule has 1 fully saturated rings. The van der Waals surface area contributed by atoms with Crippen LogP contribution in [0.1, 0.15) is 49.5 Å². The van der Waals surface area contributed by atoms with Crippen LogP contribution in [0.5, 0.6) is 0 Å². The van der Waals surface area contributed by atoms with E-state index in [1.807, 2.05) is 0 Å². The van der Waals surface area contributed by atoms with Crippen molar-refractivity contribution >= 4 is 23.5 Å². The number of carbonyl (C=O) groups is 3. The number of methoxy groups -OCH3 is 1. The Labute approximate surface area is 172 Å². The predicted octanol–water partition coefficient (Wildman–Crippen LogP) is 2.97. The van der Waals surface area contributed by atoms with Crippen molar-refractivity contribution in [3.63, 3.8) is 0 Å². The van der Waals surface area contributed by atoms with E-state index in [1.165, 1.54) is 6.07 Å². The van der Waals surface area contributed by atoms with Crippen LogP contribution in [0.4, 0.5) is 5.69 Å². The Morgan fingerprint density at radius 3 is 2.13 bits per heavy atom. The van der Waals surface area contributed by atoms with Crippen molar-refractivity contribution in [3.05, 3.63) is 74.8 Å². The maximum Gasteiger partial charge on any atom is 0.338 e. The van der Waals surface area contributed by atoms with Gasteiger partial charge < -0.3 is 14.4 Å². The lowest BCUT2D eigenvalue weighted by atomic mass is 10.1. The number of nitro benzene ring substituents is 1. The molecule has 1 aliphatic heterocycles. The van der Waals surface area contributed by atoms with E-state index in [4.69, 9.17) is 4.74 Å². The molecule has 0 atom stereocenters. The molecule has 0 aliphatic carbocycles. The van der Waals surface area contributed by atoms with Gasteiger partial charge in [-0.25, -0.2) is 9.59 Å². The lowest BCUT2D eigenvalue weighted by molar-refractivity contribution is -0.384. The molecule has 1 heterocycles. The molecule has 9 nitrogen and oxygen atoms in total. The van der Waals surface area contributed by atoms with Gasteiger partial charge in [-0.1, -0.05) is 12.1 Å². The Kier molecular flexibility index (Phi) is 6.41. The summed E-state index contributed by atoms with van der Waals surface area (Å²) in [6.45, 7) is 1.43. The van der Waals surface area contributed by atoms with Crippen LogP contribution in [0, 0.1) is 10.1 Å². The number of ether oxygens (including phenoxy) is 2. The summed E-state index contributed by atoms with van der Waals surface area (Å²) >= 11 is 0. The maximum atomic E-state index is 12.4. The fraction of sp³-hybridized carbons (Fsp3) is 0.286. The number of carbonyl (C=O) groups excluding carboxylic acids is 3. The summed E-state index contributed by atoms with van der Waals surface area (Å²) in [5, 5.41) is 11.1. The van der Waals surface area contributed by atoms with Gasteiger partial charge in [-0.05, 0) is 36.6 Å². The fourth-order valence-electron chi connectivity index (χ4n) is 3.15. The molecular weight excluding hydrogens is 392 g/mol. The van der Waals surface area contributed by atoms with Gasteiger partial charge in [0.15, 0.2) is 0 Å². The van der Waals surface area contributed by atoms with Gasteiger partial charge in [0.1, 0.15) is 6.61 Å². The van der Waals surface area contributed by atoms with Gasteiger partial charge in [-0.15, -0.1) is 0 Å². The zero-order valence-electron chi connectivity index (χ0n) is 16.3. The summed E-state index contributed by atoms with van der Waals surface area (Å²) in [6.07, 6.45) is 2.02. The van der Waals surface area contributed by atoms with Crippen molar-refractivity contribution in [1.29, 1.82) is 0 Å². The topological polar surface area (TPSA) is 116 Å². The minimum Gasteiger partial charge on any atom is -0.465 e. The number of likely N-dealkylation sites (tertiary alicyclic amines) is 1. The molecule has 30 heavy (non-hydrogen) atoms. The largest absolute Gasteiger partial charge is 0.465 e. The molecule has 1 aliphatic rings. The van der Waals surface area contributed by atoms with Crippen LogP contribution in [0.15, 0.2) is 42.5 Å². The van der Waals surface area contributed by atoms with E-state index in [-0.39, 0.29) is 23.6 Å². The molecule has 0 saturated carbocycles. The molecule has 3 rings (SSSR count). The van der Waals surface area contributed by atoms with E-state index in [1.54, 1.807) is 29.2 Å². The smallest absolute Gasteiger partial charge is 0.338 e. The Bertz CT molecular complexity index is 979. The first-order valence-corrected chi connectivity index (χ1v) is 9.32. The van der Waals surface area contributed by atoms with E-state index < -0.39 is 22.5 Å². The van der Waals surface area contributed by atoms with Crippen LogP contribution < -0.4 is 0 Å². The highest BCUT2D eigenvalue weighted by molar-refractivity contribution is 5.96. The molecule has 1 saturated heterocycles. The molecule has 1 amide bonds. The Morgan fingerprint density at radius 1 is 0.967 bits per heavy atom. The normalized spacial score (nSPS) is 13.0. The van der Waals surface area contributed by atoms with Crippen LogP contribution in [0.3, 0.4) is 0 Å². The highest BCUT2D eigenvalue weighted by Crippen LogP contribution is 2.20. The second-order valence-corrected chi connectivity index (χ2v) is 6.79. The summed E-state index contributed by atoms with van der Waals surface area (Å²) in [4.78, 5) is 48.6. The number of hydrogen-bond donors (Lipinski definition) is 0. The maximum absolute atomic E-state index is 12.4. The molecule has 0 radical (unpaired) electrons. The predicted molar refractivity (Wildman–Crippen MR) is 105 cm³/mol. The SMILES string of the molecule is COC(=O)c1cc(C(=O)OCc2ccc(C(=O)N3CCCC3)cc2)cc([N+](=O)[O-])c1. The molecule has 0 spiro atoms. The molecule has 0 aromatic heterocycles. The van der Waals surface area contributed by atoms with E-state index >= 15 is 0 Å². The van der Waals surface area contributed by atoms with Crippen molar-refractivity contribution in [2.24, 2.45) is 0 Å². The third kappa shape index (κ3) is 4.80. The summed E-state index contributed by atoms with van der Waals surface area (Å²) < 4.78 is 9.77. The molecule has 0 N–H and O–H groups in total. The van der Waals surface area contributed by atoms with Crippen LogP contribution in [-0.2, 0) is 16.1 Å². The van der Waals surface area contributed by atoms with Gasteiger partial charge in [-0.3, -0.25) is 14.9 Å². The highest BCUT2D eigenvalue weighted by Gasteiger charge is 2.20. The van der Waals surface area contributed by atoms with Gasteiger partial charge in [0.05, 0.1) is 23.2 Å². The van der Waals surface area contributed by atoms with Gasteiger partial charge in [-0.2, -0.15) is 0 Å². The van der Waals surface area contributed by atoms with E-state index in [0.29, 0.717) is 11.1 Å². The van der Waals surface area contributed by atoms with Crippen molar-refractivity contribution in [3.8, 4) is 0 Å². The second kappa shape index (κ2) is 9.17. The standard InChI is InChI=1S/C21H20N2O7/c1-29-20(25)16-10-17(12-18(11-16)23(27)28)21(26)30-13-14-4-6-15(7-5-14)19(24)22-8-2-3-9-22/h4-7,10-12H,2-3,8-9,13H2,1H3. The zero-order valence-corrected chi connectivity index (χ0v) is 16.3. The van der Waals surface area contributed by atoms with Gasteiger partial charge >= 0.3 is 11.9 Å². The Morgan fingerprint density at radius 2 is 1.57 bits per heavy atom. The number of esters is 2. The van der Waals surface area contributed by atoms with Gasteiger partial charge in [0.25, 0.3) is 11.6 Å². The van der Waals surface area contributed by atoms with Crippen molar-refractivity contribution in [2.45, 2.75) is 19.4 Å². The second-order valence-electron chi connectivity index (χ2n) is 6.79. The number of nitro groups is 1. The minimum atomic E-state index is -0.818. The molecule has 9 heteroatoms. The zero-order chi connectivity index (χ0) is 21.7. The molecule has 156 valence electrons. The monoisotopic (exact) mass is 412 g/mol. The highest BCUT2D eigenvalue weighted by atomic mass is 16.6. The van der Waals surface area contributed by atoms with E-state index in [2.05, 4.69) is 4.74 Å². The van der Waals surface area contributed by atoms with Crippen molar-refractivity contribution in [2.75, 3.05) is 20.2 Å². The quantitative estimate of drug-likeness (QED) is 0.407. The lowest BCUT2D eigenvalue weighted by Crippen LogP contribution is -2.27.